The third-order valence-electron chi connectivity index (χ3n) is 2.65. The molecule has 1 aromatic carbocycles. The van der Waals surface area contributed by atoms with Crippen molar-refractivity contribution < 1.29 is 9.50 Å². The highest BCUT2D eigenvalue weighted by Crippen LogP contribution is 2.30. The molecule has 1 heterocycles. The second kappa shape index (κ2) is 5.38. The monoisotopic (exact) mass is 332 g/mol. The first-order valence-corrected chi connectivity index (χ1v) is 6.56. The molecule has 0 saturated carbocycles. The Bertz CT molecular complexity index is 573. The van der Waals surface area contributed by atoms with Gasteiger partial charge in [0.15, 0.2) is 0 Å². The van der Waals surface area contributed by atoms with Gasteiger partial charge in [0.1, 0.15) is 11.9 Å². The molecule has 6 heteroatoms. The molecular weight excluding hydrogens is 322 g/mol. The lowest BCUT2D eigenvalue weighted by Gasteiger charge is -2.14. The maximum absolute atomic E-state index is 13.2. The van der Waals surface area contributed by atoms with Gasteiger partial charge < -0.3 is 5.11 Å². The normalized spacial score (nSPS) is 12.7. The molecule has 1 N–H and O–H groups in total. The van der Waals surface area contributed by atoms with E-state index in [1.807, 2.05) is 6.92 Å². The molecule has 2 aromatic rings. The number of halogens is 3. The van der Waals surface area contributed by atoms with Gasteiger partial charge >= 0.3 is 0 Å². The minimum absolute atomic E-state index is 0.303. The zero-order chi connectivity index (χ0) is 13.3. The van der Waals surface area contributed by atoms with Gasteiger partial charge in [0.05, 0.1) is 21.4 Å². The van der Waals surface area contributed by atoms with E-state index in [4.69, 9.17) is 11.6 Å². The van der Waals surface area contributed by atoms with Gasteiger partial charge in [0.2, 0.25) is 0 Å². The first-order chi connectivity index (χ1) is 8.54. The first kappa shape index (κ1) is 13.5. The Labute approximate surface area is 117 Å². The van der Waals surface area contributed by atoms with Crippen LogP contribution in [0.25, 0.3) is 0 Å². The van der Waals surface area contributed by atoms with E-state index >= 15 is 0 Å². The van der Waals surface area contributed by atoms with E-state index in [1.165, 1.54) is 24.4 Å². The zero-order valence-corrected chi connectivity index (χ0v) is 11.9. The number of aryl methyl sites for hydroxylation is 1. The second-order valence-electron chi connectivity index (χ2n) is 3.77. The van der Waals surface area contributed by atoms with Gasteiger partial charge in [-0.2, -0.15) is 5.10 Å². The fourth-order valence-corrected chi connectivity index (χ4v) is 2.38. The molecular formula is C12H11BrClFN2O. The van der Waals surface area contributed by atoms with Crippen LogP contribution in [0.1, 0.15) is 24.3 Å². The largest absolute Gasteiger partial charge is 0.382 e. The number of hydrogen-bond acceptors (Lipinski definition) is 2. The summed E-state index contributed by atoms with van der Waals surface area (Å²) in [5.41, 5.74) is 1.07. The molecule has 0 amide bonds. The number of aliphatic hydroxyl groups excluding tert-OH is 1. The number of nitrogens with zero attached hydrogens (tertiary/aromatic N) is 2. The Morgan fingerprint density at radius 3 is 2.89 bits per heavy atom. The lowest BCUT2D eigenvalue weighted by molar-refractivity contribution is 0.208. The van der Waals surface area contributed by atoms with Crippen LogP contribution < -0.4 is 0 Å². The zero-order valence-electron chi connectivity index (χ0n) is 9.57. The highest BCUT2D eigenvalue weighted by atomic mass is 79.9. The Hall–Kier alpha value is -0.910. The van der Waals surface area contributed by atoms with Crippen LogP contribution in [-0.2, 0) is 6.54 Å². The van der Waals surface area contributed by atoms with Gasteiger partial charge in [0.25, 0.3) is 0 Å². The summed E-state index contributed by atoms with van der Waals surface area (Å²) in [7, 11) is 0. The van der Waals surface area contributed by atoms with Gasteiger partial charge in [-0.25, -0.2) is 4.39 Å². The molecule has 1 unspecified atom stereocenters. The minimum atomic E-state index is -0.933. The Morgan fingerprint density at radius 2 is 2.28 bits per heavy atom. The van der Waals surface area contributed by atoms with Crippen LogP contribution in [0.2, 0.25) is 5.02 Å². The summed E-state index contributed by atoms with van der Waals surface area (Å²) in [6, 6.07) is 4.35. The van der Waals surface area contributed by atoms with E-state index in [0.717, 1.165) is 0 Å². The lowest BCUT2D eigenvalue weighted by atomic mass is 10.1. The lowest BCUT2D eigenvalue weighted by Crippen LogP contribution is -2.09. The average molecular weight is 334 g/mol. The number of benzene rings is 1. The van der Waals surface area contributed by atoms with Crippen molar-refractivity contribution in [2.45, 2.75) is 19.6 Å². The summed E-state index contributed by atoms with van der Waals surface area (Å²) in [6.07, 6.45) is 0.555. The molecule has 2 rings (SSSR count). The van der Waals surface area contributed by atoms with Crippen molar-refractivity contribution >= 4 is 27.5 Å². The van der Waals surface area contributed by atoms with Crippen molar-refractivity contribution in [2.24, 2.45) is 0 Å². The fourth-order valence-electron chi connectivity index (χ4n) is 1.74. The van der Waals surface area contributed by atoms with Gasteiger partial charge in [-0.15, -0.1) is 0 Å². The summed E-state index contributed by atoms with van der Waals surface area (Å²) < 4.78 is 15.1. The molecule has 0 fully saturated rings. The molecule has 1 aromatic heterocycles. The number of aromatic nitrogens is 2. The van der Waals surface area contributed by atoms with E-state index in [0.29, 0.717) is 27.3 Å². The van der Waals surface area contributed by atoms with E-state index in [-0.39, 0.29) is 5.82 Å². The predicted octanol–water partition coefficient (Wildman–Crippen LogP) is 3.54. The van der Waals surface area contributed by atoms with Gasteiger partial charge in [0, 0.05) is 6.54 Å². The highest BCUT2D eigenvalue weighted by molar-refractivity contribution is 9.10. The van der Waals surface area contributed by atoms with Crippen molar-refractivity contribution in [3.8, 4) is 0 Å². The molecule has 0 bridgehead atoms. The number of rotatable bonds is 3. The second-order valence-corrected chi connectivity index (χ2v) is 5.03. The van der Waals surface area contributed by atoms with E-state index in [9.17, 15) is 9.50 Å². The molecule has 18 heavy (non-hydrogen) atoms. The molecule has 0 aliphatic carbocycles. The Kier molecular flexibility index (Phi) is 4.04. The standard InChI is InChI=1S/C12H11BrClFN2O/c1-2-17-11(9(14)6-16-17)12(18)7-3-4-10(15)8(13)5-7/h3-6,12,18H,2H2,1H3. The fraction of sp³-hybridized carbons (Fsp3) is 0.250. The minimum Gasteiger partial charge on any atom is -0.382 e. The maximum Gasteiger partial charge on any atom is 0.137 e. The highest BCUT2D eigenvalue weighted by Gasteiger charge is 2.20. The van der Waals surface area contributed by atoms with Crippen molar-refractivity contribution in [3.05, 3.63) is 51.0 Å². The van der Waals surface area contributed by atoms with Crippen molar-refractivity contribution in [1.82, 2.24) is 9.78 Å². The molecule has 0 spiro atoms. The average Bonchev–Trinajstić information content (AvgIpc) is 2.73. The Morgan fingerprint density at radius 1 is 1.56 bits per heavy atom. The quantitative estimate of drug-likeness (QED) is 0.933. The van der Waals surface area contributed by atoms with Gasteiger partial charge in [-0.05, 0) is 40.5 Å². The van der Waals surface area contributed by atoms with Crippen LogP contribution >= 0.6 is 27.5 Å². The number of hydrogen-bond donors (Lipinski definition) is 1. The molecule has 0 aliphatic rings. The van der Waals surface area contributed by atoms with Gasteiger partial charge in [-0.1, -0.05) is 17.7 Å². The topological polar surface area (TPSA) is 38.0 Å². The summed E-state index contributed by atoms with van der Waals surface area (Å²) in [6.45, 7) is 2.50. The van der Waals surface area contributed by atoms with Crippen molar-refractivity contribution in [1.29, 1.82) is 0 Å². The van der Waals surface area contributed by atoms with Crippen LogP contribution in [0, 0.1) is 5.82 Å². The first-order valence-electron chi connectivity index (χ1n) is 5.38. The predicted molar refractivity (Wildman–Crippen MR) is 71.1 cm³/mol. The van der Waals surface area contributed by atoms with E-state index in [2.05, 4.69) is 21.0 Å². The van der Waals surface area contributed by atoms with E-state index in [1.54, 1.807) is 4.68 Å². The maximum atomic E-state index is 13.2. The van der Waals surface area contributed by atoms with Gasteiger partial charge in [-0.3, -0.25) is 4.68 Å². The molecule has 1 atom stereocenters. The van der Waals surface area contributed by atoms with Crippen LogP contribution in [0.3, 0.4) is 0 Å². The van der Waals surface area contributed by atoms with Crippen LogP contribution in [0.4, 0.5) is 4.39 Å². The molecule has 0 radical (unpaired) electrons. The molecule has 3 nitrogen and oxygen atoms in total. The summed E-state index contributed by atoms with van der Waals surface area (Å²) >= 11 is 9.10. The molecule has 96 valence electrons. The van der Waals surface area contributed by atoms with Crippen molar-refractivity contribution in [3.63, 3.8) is 0 Å². The van der Waals surface area contributed by atoms with Crippen LogP contribution in [0.15, 0.2) is 28.9 Å². The van der Waals surface area contributed by atoms with Crippen LogP contribution in [-0.4, -0.2) is 14.9 Å². The summed E-state index contributed by atoms with van der Waals surface area (Å²) in [5, 5.41) is 14.8. The van der Waals surface area contributed by atoms with E-state index < -0.39 is 6.10 Å². The molecule has 0 aliphatic heterocycles. The third kappa shape index (κ3) is 2.43. The third-order valence-corrected chi connectivity index (χ3v) is 3.55. The Balaban J connectivity index is 2.44. The number of aliphatic hydroxyl groups is 1. The summed E-state index contributed by atoms with van der Waals surface area (Å²) in [4.78, 5) is 0. The summed E-state index contributed by atoms with van der Waals surface area (Å²) in [5.74, 6) is -0.374. The van der Waals surface area contributed by atoms with Crippen LogP contribution in [0.5, 0.6) is 0 Å². The smallest absolute Gasteiger partial charge is 0.137 e. The van der Waals surface area contributed by atoms with Crippen molar-refractivity contribution in [2.75, 3.05) is 0 Å². The molecule has 0 saturated heterocycles. The SMILES string of the molecule is CCn1ncc(Cl)c1C(O)c1ccc(F)c(Br)c1.